The van der Waals surface area contributed by atoms with Crippen LogP contribution in [0.15, 0.2) is 40.6 Å². The number of hydrogen-bond donors (Lipinski definition) is 0. The molecule has 2 aliphatic heterocycles. The third kappa shape index (κ3) is 3.92. The molecule has 146 valence electrons. The minimum atomic E-state index is -3.43. The van der Waals surface area contributed by atoms with Gasteiger partial charge >= 0.3 is 0 Å². The van der Waals surface area contributed by atoms with Gasteiger partial charge in [-0.05, 0) is 67.5 Å². The summed E-state index contributed by atoms with van der Waals surface area (Å²) in [5.41, 5.74) is 1.45. The van der Waals surface area contributed by atoms with Crippen molar-refractivity contribution in [1.82, 2.24) is 9.21 Å². The molecule has 27 heavy (non-hydrogen) atoms. The molecule has 2 aromatic rings. The van der Waals surface area contributed by atoms with Crippen molar-refractivity contribution < 1.29 is 13.2 Å². The number of ether oxygens (including phenoxy) is 1. The molecule has 1 fully saturated rings. The fraction of sp³-hybridized carbons (Fsp3) is 0.500. The van der Waals surface area contributed by atoms with Crippen LogP contribution in [0.3, 0.4) is 0 Å². The average molecular weight is 407 g/mol. The summed E-state index contributed by atoms with van der Waals surface area (Å²) < 4.78 is 32.9. The Morgan fingerprint density at radius 3 is 2.56 bits per heavy atom. The van der Waals surface area contributed by atoms with Crippen molar-refractivity contribution in [2.75, 3.05) is 26.2 Å². The summed E-state index contributed by atoms with van der Waals surface area (Å²) in [4.78, 5) is 4.41. The predicted molar refractivity (Wildman–Crippen MR) is 108 cm³/mol. The number of nitrogens with zero attached hydrogens (tertiary/aromatic N) is 2. The Labute approximate surface area is 165 Å². The van der Waals surface area contributed by atoms with Gasteiger partial charge in [-0.1, -0.05) is 0 Å². The van der Waals surface area contributed by atoms with Crippen molar-refractivity contribution in [2.45, 2.75) is 43.7 Å². The lowest BCUT2D eigenvalue weighted by Gasteiger charge is -2.39. The molecule has 1 aromatic heterocycles. The molecule has 0 amide bonds. The van der Waals surface area contributed by atoms with Gasteiger partial charge in [0.25, 0.3) is 0 Å². The van der Waals surface area contributed by atoms with Gasteiger partial charge in [0.15, 0.2) is 0 Å². The third-order valence-electron chi connectivity index (χ3n) is 5.55. The Balaban J connectivity index is 1.38. The number of piperidine rings is 1. The zero-order valence-electron chi connectivity index (χ0n) is 15.6. The summed E-state index contributed by atoms with van der Waals surface area (Å²) in [6, 6.07) is 9.47. The smallest absolute Gasteiger partial charge is 0.243 e. The predicted octanol–water partition coefficient (Wildman–Crippen LogP) is 3.36. The summed E-state index contributed by atoms with van der Waals surface area (Å²) in [6.07, 6.45) is 2.92. The SMILES string of the molecule is CCOc1ccc(S(=O)(=O)N2CCC(N3CCc4sccc4C3)CC2)cc1. The second kappa shape index (κ2) is 7.91. The number of benzene rings is 1. The molecule has 5 nitrogen and oxygen atoms in total. The first kappa shape index (κ1) is 18.9. The molecule has 0 bridgehead atoms. The quantitative estimate of drug-likeness (QED) is 0.764. The van der Waals surface area contributed by atoms with E-state index < -0.39 is 10.0 Å². The molecule has 3 heterocycles. The van der Waals surface area contributed by atoms with Crippen LogP contribution in [0.1, 0.15) is 30.2 Å². The number of sulfonamides is 1. The van der Waals surface area contributed by atoms with Gasteiger partial charge in [-0.2, -0.15) is 4.31 Å². The highest BCUT2D eigenvalue weighted by Gasteiger charge is 2.32. The highest BCUT2D eigenvalue weighted by atomic mass is 32.2. The normalized spacial score (nSPS) is 19.7. The molecule has 1 saturated heterocycles. The van der Waals surface area contributed by atoms with Gasteiger partial charge in [0.05, 0.1) is 11.5 Å². The lowest BCUT2D eigenvalue weighted by atomic mass is 10.0. The molecule has 0 spiro atoms. The van der Waals surface area contributed by atoms with E-state index in [0.29, 0.717) is 36.4 Å². The van der Waals surface area contributed by atoms with E-state index in [0.717, 1.165) is 32.4 Å². The number of thiophene rings is 1. The minimum absolute atomic E-state index is 0.352. The van der Waals surface area contributed by atoms with E-state index in [-0.39, 0.29) is 0 Å². The minimum Gasteiger partial charge on any atom is -0.494 e. The van der Waals surface area contributed by atoms with Crippen LogP contribution in [0, 0.1) is 0 Å². The van der Waals surface area contributed by atoms with E-state index in [1.807, 2.05) is 18.3 Å². The van der Waals surface area contributed by atoms with Crippen LogP contribution < -0.4 is 4.74 Å². The Morgan fingerprint density at radius 2 is 1.85 bits per heavy atom. The van der Waals surface area contributed by atoms with E-state index in [2.05, 4.69) is 16.3 Å². The average Bonchev–Trinajstić information content (AvgIpc) is 3.17. The Kier molecular flexibility index (Phi) is 5.55. The van der Waals surface area contributed by atoms with Crippen LogP contribution in [-0.4, -0.2) is 49.9 Å². The first-order valence-electron chi connectivity index (χ1n) is 9.60. The van der Waals surface area contributed by atoms with Gasteiger partial charge in [-0.25, -0.2) is 8.42 Å². The second-order valence-corrected chi connectivity index (χ2v) is 10.1. The van der Waals surface area contributed by atoms with Crippen molar-refractivity contribution in [1.29, 1.82) is 0 Å². The first-order chi connectivity index (χ1) is 13.1. The third-order valence-corrected chi connectivity index (χ3v) is 8.49. The molecule has 0 saturated carbocycles. The molecule has 1 aromatic carbocycles. The van der Waals surface area contributed by atoms with E-state index in [1.165, 1.54) is 10.4 Å². The summed E-state index contributed by atoms with van der Waals surface area (Å²) in [7, 11) is -3.43. The molecule has 0 radical (unpaired) electrons. The van der Waals surface area contributed by atoms with Crippen molar-refractivity contribution >= 4 is 21.4 Å². The van der Waals surface area contributed by atoms with Crippen LogP contribution in [0.25, 0.3) is 0 Å². The van der Waals surface area contributed by atoms with Crippen LogP contribution in [0.4, 0.5) is 0 Å². The molecule has 4 rings (SSSR count). The summed E-state index contributed by atoms with van der Waals surface area (Å²) in [5.74, 6) is 0.702. The van der Waals surface area contributed by atoms with Gasteiger partial charge in [-0.15, -0.1) is 11.3 Å². The zero-order chi connectivity index (χ0) is 18.9. The molecule has 0 aliphatic carbocycles. The van der Waals surface area contributed by atoms with Crippen molar-refractivity contribution in [3.63, 3.8) is 0 Å². The molecular formula is C20H26N2O3S2. The maximum absolute atomic E-state index is 12.9. The van der Waals surface area contributed by atoms with Crippen LogP contribution in [0.2, 0.25) is 0 Å². The van der Waals surface area contributed by atoms with Crippen LogP contribution >= 0.6 is 11.3 Å². The molecular weight excluding hydrogens is 380 g/mol. The fourth-order valence-electron chi connectivity index (χ4n) is 4.05. The second-order valence-electron chi connectivity index (χ2n) is 7.13. The zero-order valence-corrected chi connectivity index (χ0v) is 17.3. The maximum Gasteiger partial charge on any atom is 0.243 e. The monoisotopic (exact) mass is 406 g/mol. The Morgan fingerprint density at radius 1 is 1.11 bits per heavy atom. The van der Waals surface area contributed by atoms with Crippen molar-refractivity contribution in [3.8, 4) is 5.75 Å². The summed E-state index contributed by atoms with van der Waals surface area (Å²) in [6.45, 7) is 5.76. The molecule has 7 heteroatoms. The number of hydrogen-bond acceptors (Lipinski definition) is 5. The van der Waals surface area contributed by atoms with E-state index in [9.17, 15) is 8.42 Å². The Bertz CT molecular complexity index is 869. The van der Waals surface area contributed by atoms with Crippen molar-refractivity contribution in [3.05, 3.63) is 46.2 Å². The molecule has 2 aliphatic rings. The lowest BCUT2D eigenvalue weighted by molar-refractivity contribution is 0.127. The maximum atomic E-state index is 12.9. The standard InChI is InChI=1S/C20H26N2O3S2/c1-2-25-18-3-5-19(6-4-18)27(23,24)22-12-7-17(8-13-22)21-11-9-20-16(15-21)10-14-26-20/h3-6,10,14,17H,2,7-9,11-13,15H2,1H3. The molecule has 0 unspecified atom stereocenters. The summed E-state index contributed by atoms with van der Waals surface area (Å²) >= 11 is 1.86. The van der Waals surface area contributed by atoms with Gasteiger partial charge in [0.2, 0.25) is 10.0 Å². The van der Waals surface area contributed by atoms with Crippen molar-refractivity contribution in [2.24, 2.45) is 0 Å². The van der Waals surface area contributed by atoms with Gasteiger partial charge in [-0.3, -0.25) is 4.90 Å². The highest BCUT2D eigenvalue weighted by molar-refractivity contribution is 7.89. The van der Waals surface area contributed by atoms with Crippen LogP contribution in [0.5, 0.6) is 5.75 Å². The number of fused-ring (bicyclic) bond motifs is 1. The molecule has 0 N–H and O–H groups in total. The van der Waals surface area contributed by atoms with E-state index in [4.69, 9.17) is 4.74 Å². The topological polar surface area (TPSA) is 49.9 Å². The van der Waals surface area contributed by atoms with Gasteiger partial charge < -0.3 is 4.74 Å². The highest BCUT2D eigenvalue weighted by Crippen LogP contribution is 2.29. The number of rotatable bonds is 5. The largest absolute Gasteiger partial charge is 0.494 e. The lowest BCUT2D eigenvalue weighted by Crippen LogP contribution is -2.47. The molecule has 0 atom stereocenters. The first-order valence-corrected chi connectivity index (χ1v) is 11.9. The summed E-state index contributed by atoms with van der Waals surface area (Å²) in [5, 5.41) is 2.18. The fourth-order valence-corrected chi connectivity index (χ4v) is 6.41. The van der Waals surface area contributed by atoms with E-state index in [1.54, 1.807) is 28.6 Å². The van der Waals surface area contributed by atoms with Gasteiger partial charge in [0.1, 0.15) is 5.75 Å². The van der Waals surface area contributed by atoms with E-state index >= 15 is 0 Å². The van der Waals surface area contributed by atoms with Gasteiger partial charge in [0, 0.05) is 37.1 Å². The van der Waals surface area contributed by atoms with Crippen LogP contribution in [-0.2, 0) is 23.0 Å². The Hall–Kier alpha value is -1.41.